The van der Waals surface area contributed by atoms with Crippen molar-refractivity contribution < 1.29 is 4.79 Å². The smallest absolute Gasteiger partial charge is 0.232 e. The summed E-state index contributed by atoms with van der Waals surface area (Å²) >= 11 is 0. The van der Waals surface area contributed by atoms with E-state index in [9.17, 15) is 4.79 Å². The summed E-state index contributed by atoms with van der Waals surface area (Å²) in [5.74, 6) is 0.244. The number of rotatable bonds is 3. The first-order valence-corrected chi connectivity index (χ1v) is 8.95. The average molecular weight is 339 g/mol. The highest BCUT2D eigenvalue weighted by atomic mass is 16.2. The molecule has 0 aromatic heterocycles. The van der Waals surface area contributed by atoms with Crippen LogP contribution in [0.3, 0.4) is 0 Å². The lowest BCUT2D eigenvalue weighted by molar-refractivity contribution is -0.118. The Balaban J connectivity index is 1.91. The van der Waals surface area contributed by atoms with Gasteiger partial charge in [0.05, 0.1) is 5.70 Å². The summed E-state index contributed by atoms with van der Waals surface area (Å²) in [6.45, 7) is 2.16. The van der Waals surface area contributed by atoms with E-state index in [1.165, 1.54) is 11.1 Å². The molecule has 3 aromatic carbocycles. The van der Waals surface area contributed by atoms with Crippen LogP contribution in [0.4, 0.5) is 5.69 Å². The zero-order valence-electron chi connectivity index (χ0n) is 14.8. The van der Waals surface area contributed by atoms with Crippen LogP contribution in [0.25, 0.3) is 5.70 Å². The summed E-state index contributed by atoms with van der Waals surface area (Å²) in [4.78, 5) is 15.1. The highest BCUT2D eigenvalue weighted by Gasteiger charge is 2.33. The third-order valence-electron chi connectivity index (χ3n) is 5.01. The third-order valence-corrected chi connectivity index (χ3v) is 5.01. The van der Waals surface area contributed by atoms with Gasteiger partial charge in [0.1, 0.15) is 0 Å². The van der Waals surface area contributed by atoms with E-state index in [0.29, 0.717) is 6.42 Å². The van der Waals surface area contributed by atoms with Crippen molar-refractivity contribution in [1.29, 1.82) is 0 Å². The predicted octanol–water partition coefficient (Wildman–Crippen LogP) is 5.64. The zero-order chi connectivity index (χ0) is 17.9. The molecular formula is C24H21NO. The van der Waals surface area contributed by atoms with Crippen LogP contribution in [-0.4, -0.2) is 5.91 Å². The molecule has 0 saturated carbocycles. The van der Waals surface area contributed by atoms with E-state index in [1.54, 1.807) is 0 Å². The van der Waals surface area contributed by atoms with Crippen LogP contribution in [0.1, 0.15) is 30.4 Å². The molecular weight excluding hydrogens is 318 g/mol. The number of amides is 1. The number of hydrogen-bond donors (Lipinski definition) is 0. The molecule has 4 rings (SSSR count). The van der Waals surface area contributed by atoms with Crippen LogP contribution in [-0.2, 0) is 4.79 Å². The lowest BCUT2D eigenvalue weighted by Gasteiger charge is -2.36. The van der Waals surface area contributed by atoms with E-state index in [1.807, 2.05) is 71.6 Å². The number of para-hydroxylation sites is 1. The fourth-order valence-electron chi connectivity index (χ4n) is 3.74. The second-order valence-corrected chi connectivity index (χ2v) is 6.63. The molecule has 1 atom stereocenters. The number of hydrogen-bond acceptors (Lipinski definition) is 1. The molecule has 2 nitrogen and oxygen atoms in total. The molecule has 26 heavy (non-hydrogen) atoms. The highest BCUT2D eigenvalue weighted by molar-refractivity contribution is 6.09. The van der Waals surface area contributed by atoms with Gasteiger partial charge < -0.3 is 0 Å². The first kappa shape index (κ1) is 16.3. The molecule has 1 aliphatic rings. The lowest BCUT2D eigenvalue weighted by Crippen LogP contribution is -2.36. The Morgan fingerprint density at radius 2 is 1.31 bits per heavy atom. The molecule has 0 spiro atoms. The van der Waals surface area contributed by atoms with Gasteiger partial charge in [0.15, 0.2) is 0 Å². The fourth-order valence-corrected chi connectivity index (χ4v) is 3.74. The third kappa shape index (κ3) is 2.95. The van der Waals surface area contributed by atoms with Crippen molar-refractivity contribution in [1.82, 2.24) is 0 Å². The van der Waals surface area contributed by atoms with Crippen molar-refractivity contribution in [3.63, 3.8) is 0 Å². The van der Waals surface area contributed by atoms with E-state index in [4.69, 9.17) is 0 Å². The standard InChI is InChI=1S/C24H21NO/c1-18-22(19-11-5-2-6-12-19)17-23(26)25(21-15-9-4-10-16-21)24(18)20-13-7-3-8-14-20/h2-16,22H,17H2,1H3. The van der Waals surface area contributed by atoms with Crippen molar-refractivity contribution in [3.05, 3.63) is 108 Å². The second-order valence-electron chi connectivity index (χ2n) is 6.63. The molecule has 0 aliphatic carbocycles. The van der Waals surface area contributed by atoms with Crippen molar-refractivity contribution in [3.8, 4) is 0 Å². The van der Waals surface area contributed by atoms with Gasteiger partial charge in [0, 0.05) is 18.0 Å². The summed E-state index contributed by atoms with van der Waals surface area (Å²) in [6, 6.07) is 30.5. The zero-order valence-corrected chi connectivity index (χ0v) is 14.8. The quantitative estimate of drug-likeness (QED) is 0.605. The van der Waals surface area contributed by atoms with Gasteiger partial charge in [-0.1, -0.05) is 78.9 Å². The van der Waals surface area contributed by atoms with Crippen molar-refractivity contribution in [2.75, 3.05) is 4.90 Å². The minimum atomic E-state index is 0.110. The van der Waals surface area contributed by atoms with E-state index in [-0.39, 0.29) is 11.8 Å². The van der Waals surface area contributed by atoms with E-state index in [0.717, 1.165) is 16.9 Å². The van der Waals surface area contributed by atoms with Crippen molar-refractivity contribution in [2.45, 2.75) is 19.3 Å². The number of anilines is 1. The summed E-state index contributed by atoms with van der Waals surface area (Å²) in [6.07, 6.45) is 0.487. The first-order chi connectivity index (χ1) is 12.8. The molecule has 2 heteroatoms. The molecule has 1 unspecified atom stereocenters. The van der Waals surface area contributed by atoms with Crippen LogP contribution >= 0.6 is 0 Å². The van der Waals surface area contributed by atoms with Gasteiger partial charge in [-0.25, -0.2) is 0 Å². The molecule has 128 valence electrons. The second kappa shape index (κ2) is 7.01. The van der Waals surface area contributed by atoms with Crippen LogP contribution in [0.15, 0.2) is 96.6 Å². The molecule has 0 radical (unpaired) electrons. The van der Waals surface area contributed by atoms with Crippen molar-refractivity contribution in [2.24, 2.45) is 0 Å². The van der Waals surface area contributed by atoms with Crippen LogP contribution in [0.2, 0.25) is 0 Å². The Kier molecular flexibility index (Phi) is 4.40. The summed E-state index contributed by atoms with van der Waals surface area (Å²) < 4.78 is 0. The molecule has 0 saturated heterocycles. The van der Waals surface area contributed by atoms with E-state index in [2.05, 4.69) is 31.2 Å². The van der Waals surface area contributed by atoms with Crippen LogP contribution in [0.5, 0.6) is 0 Å². The van der Waals surface area contributed by atoms with Gasteiger partial charge in [0.2, 0.25) is 5.91 Å². The Labute approximate surface area is 154 Å². The molecule has 1 heterocycles. The number of nitrogens with zero attached hydrogens (tertiary/aromatic N) is 1. The van der Waals surface area contributed by atoms with Gasteiger partial charge in [-0.05, 0) is 35.8 Å². The number of benzene rings is 3. The minimum absolute atomic E-state index is 0.110. The van der Waals surface area contributed by atoms with Crippen LogP contribution in [0, 0.1) is 0 Å². The van der Waals surface area contributed by atoms with Gasteiger partial charge >= 0.3 is 0 Å². The minimum Gasteiger partial charge on any atom is -0.280 e. The van der Waals surface area contributed by atoms with Crippen LogP contribution < -0.4 is 4.90 Å². The first-order valence-electron chi connectivity index (χ1n) is 8.95. The Bertz CT molecular complexity index is 930. The largest absolute Gasteiger partial charge is 0.280 e. The topological polar surface area (TPSA) is 20.3 Å². The number of allylic oxidation sites excluding steroid dienone is 1. The maximum absolute atomic E-state index is 13.2. The lowest BCUT2D eigenvalue weighted by atomic mass is 9.83. The van der Waals surface area contributed by atoms with E-state index >= 15 is 0 Å². The normalized spacial score (nSPS) is 17.5. The highest BCUT2D eigenvalue weighted by Crippen LogP contribution is 2.42. The molecule has 0 fully saturated rings. The molecule has 0 bridgehead atoms. The van der Waals surface area contributed by atoms with E-state index < -0.39 is 0 Å². The fraction of sp³-hybridized carbons (Fsp3) is 0.125. The number of carbonyl (C=O) groups excluding carboxylic acids is 1. The summed E-state index contributed by atoms with van der Waals surface area (Å²) in [5.41, 5.74) is 5.41. The molecule has 1 amide bonds. The predicted molar refractivity (Wildman–Crippen MR) is 107 cm³/mol. The molecule has 0 N–H and O–H groups in total. The van der Waals surface area contributed by atoms with Gasteiger partial charge in [0.25, 0.3) is 0 Å². The Morgan fingerprint density at radius 1 is 0.769 bits per heavy atom. The maximum Gasteiger partial charge on any atom is 0.232 e. The summed E-state index contributed by atoms with van der Waals surface area (Å²) in [5, 5.41) is 0. The van der Waals surface area contributed by atoms with Gasteiger partial charge in [-0.15, -0.1) is 0 Å². The summed E-state index contributed by atoms with van der Waals surface area (Å²) in [7, 11) is 0. The average Bonchev–Trinajstić information content (AvgIpc) is 2.71. The Hall–Kier alpha value is -3.13. The Morgan fingerprint density at radius 3 is 1.92 bits per heavy atom. The SMILES string of the molecule is CC1=C(c2ccccc2)N(c2ccccc2)C(=O)CC1c1ccccc1. The molecule has 1 aliphatic heterocycles. The monoisotopic (exact) mass is 339 g/mol. The van der Waals surface area contributed by atoms with Gasteiger partial charge in [-0.2, -0.15) is 0 Å². The van der Waals surface area contributed by atoms with Crippen molar-refractivity contribution >= 4 is 17.3 Å². The maximum atomic E-state index is 13.2. The molecule has 3 aromatic rings. The van der Waals surface area contributed by atoms with Gasteiger partial charge in [-0.3, -0.25) is 9.69 Å². The number of carbonyl (C=O) groups is 1.